The number of rotatable bonds is 6. The molecule has 0 amide bonds. The van der Waals surface area contributed by atoms with Gasteiger partial charge in [-0.1, -0.05) is 0 Å². The summed E-state index contributed by atoms with van der Waals surface area (Å²) in [6.45, 7) is 5.10. The van der Waals surface area contributed by atoms with Crippen molar-refractivity contribution in [2.45, 2.75) is 19.9 Å². The first kappa shape index (κ1) is 12.4. The van der Waals surface area contributed by atoms with Crippen LogP contribution in [0.15, 0.2) is 12.4 Å². The van der Waals surface area contributed by atoms with Gasteiger partial charge in [-0.15, -0.1) is 0 Å². The van der Waals surface area contributed by atoms with Crippen molar-refractivity contribution < 1.29 is 14.6 Å². The molecule has 1 aromatic heterocycles. The van der Waals surface area contributed by atoms with E-state index in [4.69, 9.17) is 9.84 Å². The second-order valence-electron chi connectivity index (χ2n) is 3.30. The van der Waals surface area contributed by atoms with Crippen molar-refractivity contribution in [3.63, 3.8) is 0 Å². The zero-order valence-corrected chi connectivity index (χ0v) is 9.30. The lowest BCUT2D eigenvalue weighted by Gasteiger charge is -2.13. The van der Waals surface area contributed by atoms with Gasteiger partial charge >= 0.3 is 5.97 Å². The van der Waals surface area contributed by atoms with Gasteiger partial charge in [-0.3, -0.25) is 0 Å². The number of hydrogen-bond donors (Lipinski definition) is 2. The molecular weight excluding hydrogens is 210 g/mol. The van der Waals surface area contributed by atoms with Crippen LogP contribution in [0.25, 0.3) is 0 Å². The van der Waals surface area contributed by atoms with Crippen LogP contribution in [0.5, 0.6) is 0 Å². The third kappa shape index (κ3) is 3.82. The fourth-order valence-corrected chi connectivity index (χ4v) is 1.10. The standard InChI is InChI=1S/C10H15N3O3/c1-3-16-6-7(2)13-9-5-11-8(4-12-9)10(14)15/h4-5,7H,3,6H2,1-2H3,(H,12,13)(H,14,15)/t7-/m0/s1. The van der Waals surface area contributed by atoms with E-state index in [9.17, 15) is 4.79 Å². The molecule has 1 rings (SSSR count). The van der Waals surface area contributed by atoms with Crippen molar-refractivity contribution in [3.8, 4) is 0 Å². The van der Waals surface area contributed by atoms with E-state index in [-0.39, 0.29) is 11.7 Å². The summed E-state index contributed by atoms with van der Waals surface area (Å²) in [5, 5.41) is 11.7. The van der Waals surface area contributed by atoms with Gasteiger partial charge in [-0.2, -0.15) is 0 Å². The van der Waals surface area contributed by atoms with Gasteiger partial charge in [-0.05, 0) is 13.8 Å². The van der Waals surface area contributed by atoms with Crippen molar-refractivity contribution in [2.24, 2.45) is 0 Å². The maximum Gasteiger partial charge on any atom is 0.356 e. The zero-order chi connectivity index (χ0) is 12.0. The molecule has 0 aromatic carbocycles. The largest absolute Gasteiger partial charge is 0.476 e. The molecule has 16 heavy (non-hydrogen) atoms. The van der Waals surface area contributed by atoms with Crippen molar-refractivity contribution in [2.75, 3.05) is 18.5 Å². The van der Waals surface area contributed by atoms with Crippen LogP contribution >= 0.6 is 0 Å². The molecule has 2 N–H and O–H groups in total. The van der Waals surface area contributed by atoms with Crippen LogP contribution in [0.4, 0.5) is 5.82 Å². The molecule has 1 aromatic rings. The summed E-state index contributed by atoms with van der Waals surface area (Å²) >= 11 is 0. The van der Waals surface area contributed by atoms with Crippen molar-refractivity contribution in [3.05, 3.63) is 18.1 Å². The predicted octanol–water partition coefficient (Wildman–Crippen LogP) is 1.01. The van der Waals surface area contributed by atoms with Gasteiger partial charge < -0.3 is 15.2 Å². The number of anilines is 1. The molecule has 0 saturated heterocycles. The third-order valence-electron chi connectivity index (χ3n) is 1.84. The van der Waals surface area contributed by atoms with E-state index in [1.165, 1.54) is 12.4 Å². The first-order valence-electron chi connectivity index (χ1n) is 5.03. The smallest absolute Gasteiger partial charge is 0.356 e. The average molecular weight is 225 g/mol. The number of ether oxygens (including phenoxy) is 1. The Labute approximate surface area is 93.7 Å². The van der Waals surface area contributed by atoms with E-state index in [2.05, 4.69) is 15.3 Å². The predicted molar refractivity (Wildman–Crippen MR) is 58.6 cm³/mol. The first-order valence-corrected chi connectivity index (χ1v) is 5.03. The molecule has 0 saturated carbocycles. The molecule has 0 aliphatic carbocycles. The Morgan fingerprint density at radius 1 is 1.56 bits per heavy atom. The Bertz CT molecular complexity index is 340. The SMILES string of the molecule is CCOC[C@H](C)Nc1cnc(C(=O)O)cn1. The highest BCUT2D eigenvalue weighted by atomic mass is 16.5. The first-order chi connectivity index (χ1) is 7.63. The van der Waals surface area contributed by atoms with Gasteiger partial charge in [0.25, 0.3) is 0 Å². The normalized spacial score (nSPS) is 12.1. The minimum atomic E-state index is -1.08. The molecule has 0 spiro atoms. The van der Waals surface area contributed by atoms with E-state index in [0.717, 1.165) is 0 Å². The number of hydrogen-bond acceptors (Lipinski definition) is 5. The number of carboxylic acids is 1. The summed E-state index contributed by atoms with van der Waals surface area (Å²) in [6, 6.07) is 0.102. The average Bonchev–Trinajstić information content (AvgIpc) is 2.27. The van der Waals surface area contributed by atoms with Gasteiger partial charge in [-0.25, -0.2) is 14.8 Å². The number of nitrogens with one attached hydrogen (secondary N) is 1. The van der Waals surface area contributed by atoms with Crippen LogP contribution in [0, 0.1) is 0 Å². The number of carbonyl (C=O) groups is 1. The maximum atomic E-state index is 10.5. The van der Waals surface area contributed by atoms with E-state index >= 15 is 0 Å². The summed E-state index contributed by atoms with van der Waals surface area (Å²) in [5.41, 5.74) is -0.0667. The van der Waals surface area contributed by atoms with Gasteiger partial charge in [0.1, 0.15) is 5.82 Å². The monoisotopic (exact) mass is 225 g/mol. The fourth-order valence-electron chi connectivity index (χ4n) is 1.10. The van der Waals surface area contributed by atoms with Crippen molar-refractivity contribution in [1.82, 2.24) is 9.97 Å². The van der Waals surface area contributed by atoms with Gasteiger partial charge in [0.05, 0.1) is 19.0 Å². The van der Waals surface area contributed by atoms with Gasteiger partial charge in [0.15, 0.2) is 5.69 Å². The van der Waals surface area contributed by atoms with Crippen LogP contribution in [0.2, 0.25) is 0 Å². The fraction of sp³-hybridized carbons (Fsp3) is 0.500. The number of nitrogens with zero attached hydrogens (tertiary/aromatic N) is 2. The highest BCUT2D eigenvalue weighted by Gasteiger charge is 2.06. The topological polar surface area (TPSA) is 84.3 Å². The zero-order valence-electron chi connectivity index (χ0n) is 9.30. The highest BCUT2D eigenvalue weighted by Crippen LogP contribution is 2.03. The van der Waals surface area contributed by atoms with E-state index in [1.807, 2.05) is 13.8 Å². The van der Waals surface area contributed by atoms with Crippen molar-refractivity contribution >= 4 is 11.8 Å². The molecule has 0 bridgehead atoms. The molecule has 0 aliphatic rings. The van der Waals surface area contributed by atoms with Crippen LogP contribution in [-0.2, 0) is 4.74 Å². The maximum absolute atomic E-state index is 10.5. The Balaban J connectivity index is 2.51. The number of aromatic nitrogens is 2. The second-order valence-corrected chi connectivity index (χ2v) is 3.30. The van der Waals surface area contributed by atoms with Gasteiger partial charge in [0, 0.05) is 12.6 Å². The molecule has 1 heterocycles. The Hall–Kier alpha value is -1.69. The summed E-state index contributed by atoms with van der Waals surface area (Å²) < 4.78 is 5.22. The van der Waals surface area contributed by atoms with E-state index < -0.39 is 5.97 Å². The molecule has 0 fully saturated rings. The highest BCUT2D eigenvalue weighted by molar-refractivity contribution is 5.84. The minimum absolute atomic E-state index is 0.0667. The van der Waals surface area contributed by atoms with Crippen LogP contribution in [-0.4, -0.2) is 40.3 Å². The van der Waals surface area contributed by atoms with E-state index in [0.29, 0.717) is 19.0 Å². The number of carboxylic acid groups (broad SMARTS) is 1. The number of aromatic carboxylic acids is 1. The third-order valence-corrected chi connectivity index (χ3v) is 1.84. The summed E-state index contributed by atoms with van der Waals surface area (Å²) in [6.07, 6.45) is 2.62. The molecule has 6 heteroatoms. The molecule has 0 unspecified atom stereocenters. The quantitative estimate of drug-likeness (QED) is 0.751. The Morgan fingerprint density at radius 2 is 2.31 bits per heavy atom. The molecule has 1 atom stereocenters. The van der Waals surface area contributed by atoms with E-state index in [1.54, 1.807) is 0 Å². The van der Waals surface area contributed by atoms with Gasteiger partial charge in [0.2, 0.25) is 0 Å². The lowest BCUT2D eigenvalue weighted by atomic mass is 10.3. The summed E-state index contributed by atoms with van der Waals surface area (Å²) in [7, 11) is 0. The Morgan fingerprint density at radius 3 is 2.81 bits per heavy atom. The molecular formula is C10H15N3O3. The van der Waals surface area contributed by atoms with Crippen LogP contribution in [0.1, 0.15) is 24.3 Å². The molecule has 0 aliphatic heterocycles. The van der Waals surface area contributed by atoms with Crippen molar-refractivity contribution in [1.29, 1.82) is 0 Å². The Kier molecular flexibility index (Phi) is 4.65. The van der Waals surface area contributed by atoms with Crippen LogP contribution in [0.3, 0.4) is 0 Å². The minimum Gasteiger partial charge on any atom is -0.476 e. The molecule has 0 radical (unpaired) electrons. The molecule has 88 valence electrons. The summed E-state index contributed by atoms with van der Waals surface area (Å²) in [5.74, 6) is -0.543. The van der Waals surface area contributed by atoms with Crippen LogP contribution < -0.4 is 5.32 Å². The lowest BCUT2D eigenvalue weighted by molar-refractivity contribution is 0.0690. The summed E-state index contributed by atoms with van der Waals surface area (Å²) in [4.78, 5) is 18.2. The molecule has 6 nitrogen and oxygen atoms in total. The second kappa shape index (κ2) is 6.02. The lowest BCUT2D eigenvalue weighted by Crippen LogP contribution is -2.22.